The maximum atomic E-state index is 14.0. The smallest absolute Gasteiger partial charge is 0.407 e. The molecule has 1 aliphatic heterocycles. The van der Waals surface area contributed by atoms with Gasteiger partial charge in [0, 0.05) is 50.1 Å². The summed E-state index contributed by atoms with van der Waals surface area (Å²) in [5, 5.41) is 12.8. The maximum Gasteiger partial charge on any atom is 0.407 e. The average molecular weight is 785 g/mol. The summed E-state index contributed by atoms with van der Waals surface area (Å²) < 4.78 is 38.8. The van der Waals surface area contributed by atoms with Crippen LogP contribution in [0.1, 0.15) is 76.3 Å². The second kappa shape index (κ2) is 17.4. The van der Waals surface area contributed by atoms with Crippen molar-refractivity contribution < 1.29 is 32.1 Å². The van der Waals surface area contributed by atoms with Gasteiger partial charge in [-0.3, -0.25) is 9.59 Å². The van der Waals surface area contributed by atoms with Crippen LogP contribution in [0.5, 0.6) is 0 Å². The molecule has 2 aliphatic rings. The number of aryl methyl sites for hydroxylation is 2. The Labute approximate surface area is 329 Å². The predicted molar refractivity (Wildman–Crippen MR) is 213 cm³/mol. The van der Waals surface area contributed by atoms with Crippen molar-refractivity contribution in [1.29, 1.82) is 0 Å². The van der Waals surface area contributed by atoms with Gasteiger partial charge in [0.1, 0.15) is 11.6 Å². The molecule has 1 aliphatic carbocycles. The molecule has 1 saturated heterocycles. The van der Waals surface area contributed by atoms with Crippen molar-refractivity contribution >= 4 is 33.6 Å². The fourth-order valence-electron chi connectivity index (χ4n) is 7.27. The number of amides is 3. The second-order valence-electron chi connectivity index (χ2n) is 15.9. The lowest BCUT2D eigenvalue weighted by Gasteiger charge is -2.29. The Bertz CT molecular complexity index is 2130. The van der Waals surface area contributed by atoms with Gasteiger partial charge >= 0.3 is 6.09 Å². The van der Waals surface area contributed by atoms with E-state index in [0.29, 0.717) is 49.9 Å². The van der Waals surface area contributed by atoms with Crippen molar-refractivity contribution in [3.63, 3.8) is 0 Å². The lowest BCUT2D eigenvalue weighted by atomic mass is 9.81. The highest BCUT2D eigenvalue weighted by molar-refractivity contribution is 7.89. The van der Waals surface area contributed by atoms with Crippen LogP contribution in [0.4, 0.5) is 10.5 Å². The van der Waals surface area contributed by atoms with Crippen LogP contribution in [-0.2, 0) is 30.8 Å². The van der Waals surface area contributed by atoms with Gasteiger partial charge in [0.2, 0.25) is 33.6 Å². The van der Waals surface area contributed by atoms with Gasteiger partial charge in [-0.25, -0.2) is 13.2 Å². The molecule has 1 aromatic heterocycles. The van der Waals surface area contributed by atoms with E-state index in [4.69, 9.17) is 9.26 Å². The first-order chi connectivity index (χ1) is 26.6. The number of anilines is 1. The normalized spacial score (nSPS) is 18.2. The van der Waals surface area contributed by atoms with Gasteiger partial charge in [0.25, 0.3) is 0 Å². The number of benzene rings is 3. The van der Waals surface area contributed by atoms with E-state index in [1.807, 2.05) is 58.0 Å². The van der Waals surface area contributed by atoms with E-state index in [1.165, 1.54) is 4.31 Å². The lowest BCUT2D eigenvalue weighted by Crippen LogP contribution is -2.48. The van der Waals surface area contributed by atoms with E-state index in [0.717, 1.165) is 53.5 Å². The Kier molecular flexibility index (Phi) is 12.6. The zero-order chi connectivity index (χ0) is 40.0. The number of nitrogens with zero attached hydrogens (tertiary/aromatic N) is 3. The number of aromatic nitrogens is 2. The number of sulfonamides is 1. The number of carbonyl (C=O) groups is 3. The summed E-state index contributed by atoms with van der Waals surface area (Å²) in [4.78, 5) is 44.5. The minimum atomic E-state index is -3.62. The standard InChI is InChI=1S/C42H52N6O7S/c1-27-11-20-35(56(52,53)48-21-6-7-22-48)25-36(27)33-10-8-9-30(23-33)24-37(40(50)45-34-18-16-31(17-19-34)38-44-28(2)55-47-38)46-39(49)32-14-12-29(13-15-32)26-43-41(51)54-42(3,4)5/h8-11,16-20,23,25,29,32,37H,6-7,12-15,21-22,24,26H2,1-5H3,(H,43,51)(H,45,50)(H,46,49). The summed E-state index contributed by atoms with van der Waals surface area (Å²) in [6, 6.07) is 19.0. The van der Waals surface area contributed by atoms with E-state index >= 15 is 0 Å². The Morgan fingerprint density at radius 1 is 0.929 bits per heavy atom. The highest BCUT2D eigenvalue weighted by atomic mass is 32.2. The second-order valence-corrected chi connectivity index (χ2v) is 17.8. The number of rotatable bonds is 12. The topological polar surface area (TPSA) is 173 Å². The molecule has 1 saturated carbocycles. The van der Waals surface area contributed by atoms with Crippen LogP contribution in [0.3, 0.4) is 0 Å². The highest BCUT2D eigenvalue weighted by Crippen LogP contribution is 2.31. The molecule has 56 heavy (non-hydrogen) atoms. The van der Waals surface area contributed by atoms with Gasteiger partial charge in [0.15, 0.2) is 0 Å². The molecule has 0 spiro atoms. The molecule has 0 radical (unpaired) electrons. The Morgan fingerprint density at radius 2 is 1.64 bits per heavy atom. The molecule has 1 unspecified atom stereocenters. The monoisotopic (exact) mass is 784 g/mol. The van der Waals surface area contributed by atoms with Crippen LogP contribution in [-0.4, -0.2) is 72.0 Å². The summed E-state index contributed by atoms with van der Waals surface area (Å²) in [5.74, 6) is 0.251. The SMILES string of the molecule is Cc1nc(-c2ccc(NC(=O)C(Cc3cccc(-c4cc(S(=O)(=O)N5CCCC5)ccc4C)c3)NC(=O)C3CCC(CNC(=O)OC(C)(C)C)CC3)cc2)no1. The van der Waals surface area contributed by atoms with Crippen molar-refractivity contribution in [2.45, 2.75) is 96.1 Å². The van der Waals surface area contributed by atoms with E-state index in [9.17, 15) is 22.8 Å². The van der Waals surface area contributed by atoms with Crippen LogP contribution >= 0.6 is 0 Å². The number of hydrogen-bond donors (Lipinski definition) is 3. The van der Waals surface area contributed by atoms with Gasteiger partial charge in [-0.1, -0.05) is 35.5 Å². The number of alkyl carbamates (subject to hydrolysis) is 1. The lowest BCUT2D eigenvalue weighted by molar-refractivity contribution is -0.130. The number of nitrogens with one attached hydrogen (secondary N) is 3. The third-order valence-corrected chi connectivity index (χ3v) is 12.2. The van der Waals surface area contributed by atoms with Gasteiger partial charge in [0.05, 0.1) is 4.90 Å². The molecule has 0 bridgehead atoms. The van der Waals surface area contributed by atoms with Gasteiger partial charge in [-0.15, -0.1) is 0 Å². The average Bonchev–Trinajstić information content (AvgIpc) is 3.87. The largest absolute Gasteiger partial charge is 0.444 e. The molecule has 6 rings (SSSR count). The predicted octanol–water partition coefficient (Wildman–Crippen LogP) is 6.80. The van der Waals surface area contributed by atoms with Crippen LogP contribution in [0.2, 0.25) is 0 Å². The first-order valence-electron chi connectivity index (χ1n) is 19.3. The van der Waals surface area contributed by atoms with Crippen molar-refractivity contribution in [3.05, 3.63) is 83.7 Å². The van der Waals surface area contributed by atoms with Gasteiger partial charge in [-0.2, -0.15) is 9.29 Å². The molecule has 1 atom stereocenters. The van der Waals surface area contributed by atoms with E-state index in [-0.39, 0.29) is 35.0 Å². The third-order valence-electron chi connectivity index (χ3n) is 10.3. The molecule has 3 aromatic carbocycles. The number of hydrogen-bond acceptors (Lipinski definition) is 9. The third kappa shape index (κ3) is 10.4. The molecule has 14 heteroatoms. The minimum absolute atomic E-state index is 0.196. The fraction of sp³-hybridized carbons (Fsp3) is 0.452. The maximum absolute atomic E-state index is 14.0. The minimum Gasteiger partial charge on any atom is -0.444 e. The summed E-state index contributed by atoms with van der Waals surface area (Å²) in [6.45, 7) is 10.6. The summed E-state index contributed by atoms with van der Waals surface area (Å²) >= 11 is 0. The summed E-state index contributed by atoms with van der Waals surface area (Å²) in [6.07, 6.45) is 4.22. The van der Waals surface area contributed by atoms with E-state index in [2.05, 4.69) is 26.1 Å². The molecule has 2 heterocycles. The van der Waals surface area contributed by atoms with Crippen molar-refractivity contribution in [1.82, 2.24) is 25.1 Å². The number of ether oxygens (including phenoxy) is 1. The van der Waals surface area contributed by atoms with E-state index < -0.39 is 27.8 Å². The van der Waals surface area contributed by atoms with Crippen molar-refractivity contribution in [2.24, 2.45) is 11.8 Å². The Morgan fingerprint density at radius 3 is 2.30 bits per heavy atom. The molecular weight excluding hydrogens is 733 g/mol. The zero-order valence-corrected chi connectivity index (χ0v) is 33.6. The zero-order valence-electron chi connectivity index (χ0n) is 32.8. The van der Waals surface area contributed by atoms with E-state index in [1.54, 1.807) is 43.3 Å². The molecule has 3 amide bonds. The molecular formula is C42H52N6O7S. The summed E-state index contributed by atoms with van der Waals surface area (Å²) in [7, 11) is -3.62. The van der Waals surface area contributed by atoms with Crippen LogP contribution in [0.25, 0.3) is 22.5 Å². The first-order valence-corrected chi connectivity index (χ1v) is 20.8. The Balaban J connectivity index is 1.17. The molecule has 2 fully saturated rings. The molecule has 13 nitrogen and oxygen atoms in total. The number of carbonyl (C=O) groups excluding carboxylic acids is 3. The van der Waals surface area contributed by atoms with Crippen LogP contribution < -0.4 is 16.0 Å². The Hall–Kier alpha value is -5.08. The van der Waals surface area contributed by atoms with Gasteiger partial charge in [-0.05, 0) is 131 Å². The van der Waals surface area contributed by atoms with Crippen LogP contribution in [0, 0.1) is 25.7 Å². The molecule has 4 aromatic rings. The highest BCUT2D eigenvalue weighted by Gasteiger charge is 2.31. The van der Waals surface area contributed by atoms with Crippen LogP contribution in [0.15, 0.2) is 76.1 Å². The van der Waals surface area contributed by atoms with Gasteiger partial charge < -0.3 is 25.2 Å². The summed E-state index contributed by atoms with van der Waals surface area (Å²) in [5.41, 5.74) is 4.00. The molecule has 298 valence electrons. The first kappa shape index (κ1) is 40.6. The van der Waals surface area contributed by atoms with Crippen molar-refractivity contribution in [3.8, 4) is 22.5 Å². The van der Waals surface area contributed by atoms with Crippen molar-refractivity contribution in [2.75, 3.05) is 25.0 Å². The molecule has 3 N–H and O–H groups in total. The quantitative estimate of drug-likeness (QED) is 0.140. The fourth-order valence-corrected chi connectivity index (χ4v) is 8.81.